The number of hydrogen-bond donors (Lipinski definition) is 0. The average molecular weight is 264 g/mol. The standard InChI is InChI=1S/C17H28O2/c1-5-16(2,3)15(18)19-17(4)10-11-9-14(17)13-8-6-7-12(11)13/h11-14H,5-10H2,1-4H3. The quantitative estimate of drug-likeness (QED) is 0.715. The maximum atomic E-state index is 12.4. The molecule has 5 atom stereocenters. The highest BCUT2D eigenvalue weighted by atomic mass is 16.6. The van der Waals surface area contributed by atoms with Crippen LogP contribution >= 0.6 is 0 Å². The van der Waals surface area contributed by atoms with Crippen molar-refractivity contribution in [3.05, 3.63) is 0 Å². The van der Waals surface area contributed by atoms with Crippen molar-refractivity contribution in [1.82, 2.24) is 0 Å². The van der Waals surface area contributed by atoms with Gasteiger partial charge >= 0.3 is 5.97 Å². The first-order chi connectivity index (χ1) is 8.87. The third-order valence-corrected chi connectivity index (χ3v) is 6.52. The molecule has 3 saturated carbocycles. The van der Waals surface area contributed by atoms with Gasteiger partial charge in [0.05, 0.1) is 5.41 Å². The molecule has 0 amide bonds. The first kappa shape index (κ1) is 13.5. The van der Waals surface area contributed by atoms with E-state index in [1.54, 1.807) is 0 Å². The number of hydrogen-bond acceptors (Lipinski definition) is 2. The monoisotopic (exact) mass is 264 g/mol. The maximum Gasteiger partial charge on any atom is 0.312 e. The van der Waals surface area contributed by atoms with Gasteiger partial charge in [-0.05, 0) is 70.6 Å². The number of fused-ring (bicyclic) bond motifs is 5. The Kier molecular flexibility index (Phi) is 3.00. The maximum absolute atomic E-state index is 12.4. The van der Waals surface area contributed by atoms with Crippen LogP contribution < -0.4 is 0 Å². The van der Waals surface area contributed by atoms with E-state index in [1.165, 1.54) is 25.7 Å². The highest BCUT2D eigenvalue weighted by molar-refractivity contribution is 5.76. The molecule has 0 aromatic rings. The summed E-state index contributed by atoms with van der Waals surface area (Å²) in [7, 11) is 0. The minimum atomic E-state index is -0.333. The zero-order chi connectivity index (χ0) is 13.8. The second-order valence-electron chi connectivity index (χ2n) is 8.00. The van der Waals surface area contributed by atoms with Gasteiger partial charge < -0.3 is 4.74 Å². The van der Waals surface area contributed by atoms with Gasteiger partial charge in [-0.1, -0.05) is 13.3 Å². The van der Waals surface area contributed by atoms with E-state index in [0.717, 1.165) is 30.6 Å². The summed E-state index contributed by atoms with van der Waals surface area (Å²) in [4.78, 5) is 12.4. The van der Waals surface area contributed by atoms with Crippen LogP contribution in [0.4, 0.5) is 0 Å². The van der Waals surface area contributed by atoms with Gasteiger partial charge in [-0.15, -0.1) is 0 Å². The number of ether oxygens (including phenoxy) is 1. The van der Waals surface area contributed by atoms with Crippen molar-refractivity contribution in [2.75, 3.05) is 0 Å². The van der Waals surface area contributed by atoms with E-state index in [9.17, 15) is 4.79 Å². The molecule has 0 aliphatic heterocycles. The number of carbonyl (C=O) groups is 1. The Labute approximate surface area is 117 Å². The topological polar surface area (TPSA) is 26.3 Å². The normalized spacial score (nSPS) is 44.4. The minimum Gasteiger partial charge on any atom is -0.459 e. The van der Waals surface area contributed by atoms with Crippen LogP contribution in [0.15, 0.2) is 0 Å². The first-order valence-corrected chi connectivity index (χ1v) is 8.11. The third kappa shape index (κ3) is 1.94. The smallest absolute Gasteiger partial charge is 0.312 e. The van der Waals surface area contributed by atoms with E-state index in [2.05, 4.69) is 13.8 Å². The lowest BCUT2D eigenvalue weighted by Gasteiger charge is -2.41. The molecule has 2 bridgehead atoms. The van der Waals surface area contributed by atoms with Crippen LogP contribution in [0.1, 0.15) is 66.2 Å². The van der Waals surface area contributed by atoms with Crippen LogP contribution in [0.5, 0.6) is 0 Å². The number of carbonyl (C=O) groups excluding carboxylic acids is 1. The van der Waals surface area contributed by atoms with Gasteiger partial charge in [0.1, 0.15) is 5.60 Å². The van der Waals surface area contributed by atoms with E-state index in [1.807, 2.05) is 13.8 Å². The molecule has 0 saturated heterocycles. The van der Waals surface area contributed by atoms with Crippen molar-refractivity contribution in [2.45, 2.75) is 71.8 Å². The van der Waals surface area contributed by atoms with E-state index in [4.69, 9.17) is 4.74 Å². The lowest BCUT2D eigenvalue weighted by atomic mass is 9.73. The van der Waals surface area contributed by atoms with E-state index >= 15 is 0 Å². The first-order valence-electron chi connectivity index (χ1n) is 8.11. The Bertz CT molecular complexity index is 387. The summed E-state index contributed by atoms with van der Waals surface area (Å²) in [5, 5.41) is 0. The Balaban J connectivity index is 1.74. The van der Waals surface area contributed by atoms with Crippen molar-refractivity contribution >= 4 is 5.97 Å². The zero-order valence-corrected chi connectivity index (χ0v) is 12.9. The summed E-state index contributed by atoms with van der Waals surface area (Å²) in [6, 6.07) is 0. The van der Waals surface area contributed by atoms with E-state index in [-0.39, 0.29) is 17.0 Å². The second-order valence-corrected chi connectivity index (χ2v) is 8.00. The molecule has 108 valence electrons. The molecule has 3 rings (SSSR count). The van der Waals surface area contributed by atoms with Crippen molar-refractivity contribution in [3.63, 3.8) is 0 Å². The molecule has 5 unspecified atom stereocenters. The molecule has 0 N–H and O–H groups in total. The van der Waals surface area contributed by atoms with Crippen molar-refractivity contribution in [1.29, 1.82) is 0 Å². The molecule has 0 radical (unpaired) electrons. The third-order valence-electron chi connectivity index (χ3n) is 6.52. The summed E-state index contributed by atoms with van der Waals surface area (Å²) in [6.45, 7) is 8.28. The van der Waals surface area contributed by atoms with Crippen LogP contribution in [-0.4, -0.2) is 11.6 Å². The van der Waals surface area contributed by atoms with Crippen molar-refractivity contribution in [2.24, 2.45) is 29.1 Å². The fourth-order valence-corrected chi connectivity index (χ4v) is 5.00. The number of rotatable bonds is 3. The highest BCUT2D eigenvalue weighted by Gasteiger charge is 2.61. The van der Waals surface area contributed by atoms with Crippen LogP contribution in [0.3, 0.4) is 0 Å². The van der Waals surface area contributed by atoms with E-state index < -0.39 is 0 Å². The number of esters is 1. The van der Waals surface area contributed by atoms with Crippen molar-refractivity contribution < 1.29 is 9.53 Å². The van der Waals surface area contributed by atoms with Gasteiger partial charge in [0, 0.05) is 5.92 Å². The van der Waals surface area contributed by atoms with E-state index in [0.29, 0.717) is 5.92 Å². The second kappa shape index (κ2) is 4.23. The Morgan fingerprint density at radius 3 is 2.68 bits per heavy atom. The van der Waals surface area contributed by atoms with Gasteiger partial charge in [0.15, 0.2) is 0 Å². The molecule has 19 heavy (non-hydrogen) atoms. The van der Waals surface area contributed by atoms with Crippen molar-refractivity contribution in [3.8, 4) is 0 Å². The van der Waals surface area contributed by atoms with Crippen LogP contribution in [0.25, 0.3) is 0 Å². The summed E-state index contributed by atoms with van der Waals surface area (Å²) >= 11 is 0. The van der Waals surface area contributed by atoms with Crippen LogP contribution in [0.2, 0.25) is 0 Å². The largest absolute Gasteiger partial charge is 0.459 e. The Morgan fingerprint density at radius 1 is 1.32 bits per heavy atom. The molecule has 2 heteroatoms. The van der Waals surface area contributed by atoms with Gasteiger partial charge in [0.2, 0.25) is 0 Å². The molecule has 0 aromatic carbocycles. The summed E-state index contributed by atoms with van der Waals surface area (Å²) in [5.74, 6) is 3.29. The fraction of sp³-hybridized carbons (Fsp3) is 0.941. The Morgan fingerprint density at radius 2 is 2.00 bits per heavy atom. The minimum absolute atomic E-state index is 0.0135. The molecule has 0 spiro atoms. The predicted octanol–water partition coefficient (Wildman–Crippen LogP) is 4.18. The zero-order valence-electron chi connectivity index (χ0n) is 12.9. The van der Waals surface area contributed by atoms with Crippen LogP contribution in [-0.2, 0) is 9.53 Å². The Hall–Kier alpha value is -0.530. The summed E-state index contributed by atoms with van der Waals surface area (Å²) < 4.78 is 6.06. The summed E-state index contributed by atoms with van der Waals surface area (Å²) in [5.41, 5.74) is -0.500. The average Bonchev–Trinajstić information content (AvgIpc) is 2.98. The molecule has 2 nitrogen and oxygen atoms in total. The molecule has 3 fully saturated rings. The summed E-state index contributed by atoms with van der Waals surface area (Å²) in [6.07, 6.45) is 7.47. The highest BCUT2D eigenvalue weighted by Crippen LogP contribution is 2.63. The van der Waals surface area contributed by atoms with Gasteiger partial charge in [0.25, 0.3) is 0 Å². The molecule has 3 aliphatic rings. The SMILES string of the molecule is CCC(C)(C)C(=O)OC1(C)CC2CC1C1CCCC21. The molecular weight excluding hydrogens is 236 g/mol. The van der Waals surface area contributed by atoms with Gasteiger partial charge in [-0.2, -0.15) is 0 Å². The molecule has 0 heterocycles. The predicted molar refractivity (Wildman–Crippen MR) is 75.6 cm³/mol. The molecule has 3 aliphatic carbocycles. The molecule has 0 aromatic heterocycles. The molecular formula is C17H28O2. The fourth-order valence-electron chi connectivity index (χ4n) is 5.00. The lowest BCUT2D eigenvalue weighted by Crippen LogP contribution is -2.45. The van der Waals surface area contributed by atoms with Gasteiger partial charge in [-0.3, -0.25) is 4.79 Å². The van der Waals surface area contributed by atoms with Crippen LogP contribution in [0, 0.1) is 29.1 Å². The lowest BCUT2D eigenvalue weighted by molar-refractivity contribution is -0.177. The van der Waals surface area contributed by atoms with Gasteiger partial charge in [-0.25, -0.2) is 0 Å².